The Bertz CT molecular complexity index is 202. The molecule has 0 bridgehead atoms. The SMILES string of the molecule is CC1CCCC12CC1(CCCC1)C2. The Balaban J connectivity index is 1.72. The lowest BCUT2D eigenvalue weighted by molar-refractivity contribution is -0.0596. The highest BCUT2D eigenvalue weighted by Crippen LogP contribution is 2.69. The van der Waals surface area contributed by atoms with E-state index in [2.05, 4.69) is 6.92 Å². The first-order valence-corrected chi connectivity index (χ1v) is 6.25. The first-order chi connectivity index (χ1) is 6.25. The Morgan fingerprint density at radius 3 is 2.15 bits per heavy atom. The smallest absolute Gasteiger partial charge is 0.0261 e. The summed E-state index contributed by atoms with van der Waals surface area (Å²) in [6.45, 7) is 2.51. The van der Waals surface area contributed by atoms with Gasteiger partial charge in [0.2, 0.25) is 0 Å². The summed E-state index contributed by atoms with van der Waals surface area (Å²) in [6, 6.07) is 0. The summed E-state index contributed by atoms with van der Waals surface area (Å²) in [5.74, 6) is 1.05. The second-order valence-corrected chi connectivity index (χ2v) is 6.22. The zero-order valence-corrected chi connectivity index (χ0v) is 8.94. The van der Waals surface area contributed by atoms with Crippen LogP contribution in [-0.2, 0) is 0 Å². The molecule has 74 valence electrons. The van der Waals surface area contributed by atoms with Gasteiger partial charge < -0.3 is 0 Å². The summed E-state index contributed by atoms with van der Waals surface area (Å²) >= 11 is 0. The van der Waals surface area contributed by atoms with Crippen molar-refractivity contribution in [1.82, 2.24) is 0 Å². The third-order valence-electron chi connectivity index (χ3n) is 5.48. The molecule has 3 rings (SSSR count). The van der Waals surface area contributed by atoms with Gasteiger partial charge in [-0.05, 0) is 48.9 Å². The minimum Gasteiger partial charge on any atom is -0.0620 e. The fraction of sp³-hybridized carbons (Fsp3) is 1.00. The maximum atomic E-state index is 2.51. The topological polar surface area (TPSA) is 0 Å². The molecule has 3 saturated carbocycles. The second-order valence-electron chi connectivity index (χ2n) is 6.22. The molecule has 0 saturated heterocycles. The lowest BCUT2D eigenvalue weighted by atomic mass is 9.49. The van der Waals surface area contributed by atoms with Crippen LogP contribution in [0, 0.1) is 16.7 Å². The van der Waals surface area contributed by atoms with Gasteiger partial charge in [-0.3, -0.25) is 0 Å². The quantitative estimate of drug-likeness (QED) is 0.523. The van der Waals surface area contributed by atoms with E-state index >= 15 is 0 Å². The molecule has 0 amide bonds. The molecule has 0 aromatic carbocycles. The number of hydrogen-bond donors (Lipinski definition) is 0. The van der Waals surface area contributed by atoms with Crippen LogP contribution in [0.3, 0.4) is 0 Å². The van der Waals surface area contributed by atoms with E-state index in [0.29, 0.717) is 0 Å². The van der Waals surface area contributed by atoms with Gasteiger partial charge in [-0.1, -0.05) is 32.6 Å². The number of hydrogen-bond acceptors (Lipinski definition) is 0. The highest BCUT2D eigenvalue weighted by atomic mass is 14.6. The summed E-state index contributed by atoms with van der Waals surface area (Å²) in [4.78, 5) is 0. The summed E-state index contributed by atoms with van der Waals surface area (Å²) < 4.78 is 0. The van der Waals surface area contributed by atoms with Crippen LogP contribution in [-0.4, -0.2) is 0 Å². The van der Waals surface area contributed by atoms with Gasteiger partial charge in [-0.2, -0.15) is 0 Å². The Morgan fingerprint density at radius 1 is 0.923 bits per heavy atom. The van der Waals surface area contributed by atoms with E-state index in [9.17, 15) is 0 Å². The van der Waals surface area contributed by atoms with Crippen molar-refractivity contribution in [3.05, 3.63) is 0 Å². The van der Waals surface area contributed by atoms with Gasteiger partial charge in [-0.25, -0.2) is 0 Å². The van der Waals surface area contributed by atoms with E-state index in [0.717, 1.165) is 16.7 Å². The van der Waals surface area contributed by atoms with Crippen molar-refractivity contribution < 1.29 is 0 Å². The minimum absolute atomic E-state index is 0.852. The molecule has 0 radical (unpaired) electrons. The number of rotatable bonds is 0. The van der Waals surface area contributed by atoms with Crippen molar-refractivity contribution >= 4 is 0 Å². The molecule has 0 heteroatoms. The summed E-state index contributed by atoms with van der Waals surface area (Å²) in [7, 11) is 0. The van der Waals surface area contributed by atoms with E-state index in [1.165, 1.54) is 25.7 Å². The Kier molecular flexibility index (Phi) is 1.61. The average molecular weight is 178 g/mol. The fourth-order valence-corrected chi connectivity index (χ4v) is 4.76. The van der Waals surface area contributed by atoms with Crippen LogP contribution in [0.25, 0.3) is 0 Å². The first kappa shape index (κ1) is 8.32. The molecule has 0 N–H and O–H groups in total. The molecule has 1 atom stereocenters. The minimum atomic E-state index is 0.852. The third-order valence-corrected chi connectivity index (χ3v) is 5.48. The van der Waals surface area contributed by atoms with E-state index in [-0.39, 0.29) is 0 Å². The second kappa shape index (κ2) is 2.52. The van der Waals surface area contributed by atoms with Crippen LogP contribution >= 0.6 is 0 Å². The van der Waals surface area contributed by atoms with Crippen molar-refractivity contribution in [2.24, 2.45) is 16.7 Å². The van der Waals surface area contributed by atoms with Gasteiger partial charge in [-0.15, -0.1) is 0 Å². The Labute approximate surface area is 82.1 Å². The molecule has 13 heavy (non-hydrogen) atoms. The van der Waals surface area contributed by atoms with Gasteiger partial charge in [0.25, 0.3) is 0 Å². The predicted molar refractivity (Wildman–Crippen MR) is 55.6 cm³/mol. The van der Waals surface area contributed by atoms with Gasteiger partial charge in [0, 0.05) is 0 Å². The third kappa shape index (κ3) is 1.04. The van der Waals surface area contributed by atoms with Gasteiger partial charge in [0.1, 0.15) is 0 Å². The summed E-state index contributed by atoms with van der Waals surface area (Å²) in [6.07, 6.45) is 14.0. The van der Waals surface area contributed by atoms with Crippen LogP contribution in [0.5, 0.6) is 0 Å². The monoisotopic (exact) mass is 178 g/mol. The van der Waals surface area contributed by atoms with Crippen LogP contribution in [0.15, 0.2) is 0 Å². The molecule has 3 aliphatic carbocycles. The predicted octanol–water partition coefficient (Wildman–Crippen LogP) is 4.15. The van der Waals surface area contributed by atoms with E-state index < -0.39 is 0 Å². The Hall–Kier alpha value is 0. The maximum Gasteiger partial charge on any atom is -0.0261 e. The molecule has 1 unspecified atom stereocenters. The van der Waals surface area contributed by atoms with Gasteiger partial charge >= 0.3 is 0 Å². The van der Waals surface area contributed by atoms with Crippen LogP contribution in [0.4, 0.5) is 0 Å². The largest absolute Gasteiger partial charge is 0.0620 e. The average Bonchev–Trinajstić information content (AvgIpc) is 2.61. The molecule has 0 aromatic heterocycles. The van der Waals surface area contributed by atoms with E-state index in [1.54, 1.807) is 32.1 Å². The van der Waals surface area contributed by atoms with E-state index in [4.69, 9.17) is 0 Å². The highest BCUT2D eigenvalue weighted by Gasteiger charge is 2.58. The molecular weight excluding hydrogens is 156 g/mol. The molecule has 3 fully saturated rings. The molecular formula is C13H22. The molecule has 0 nitrogen and oxygen atoms in total. The molecule has 3 aliphatic rings. The summed E-state index contributed by atoms with van der Waals surface area (Å²) in [5, 5.41) is 0. The van der Waals surface area contributed by atoms with Gasteiger partial charge in [0.05, 0.1) is 0 Å². The Morgan fingerprint density at radius 2 is 1.62 bits per heavy atom. The van der Waals surface area contributed by atoms with Crippen molar-refractivity contribution in [2.45, 2.75) is 64.7 Å². The maximum absolute atomic E-state index is 2.51. The normalized spacial score (nSPS) is 39.9. The van der Waals surface area contributed by atoms with Crippen LogP contribution < -0.4 is 0 Å². The van der Waals surface area contributed by atoms with E-state index in [1.807, 2.05) is 0 Å². The lowest BCUT2D eigenvalue weighted by Crippen LogP contribution is -2.46. The first-order valence-electron chi connectivity index (χ1n) is 6.25. The lowest BCUT2D eigenvalue weighted by Gasteiger charge is -2.56. The van der Waals surface area contributed by atoms with Gasteiger partial charge in [0.15, 0.2) is 0 Å². The molecule has 2 spiro atoms. The van der Waals surface area contributed by atoms with Crippen molar-refractivity contribution in [3.8, 4) is 0 Å². The van der Waals surface area contributed by atoms with Crippen LogP contribution in [0.1, 0.15) is 64.7 Å². The van der Waals surface area contributed by atoms with Crippen LogP contribution in [0.2, 0.25) is 0 Å². The zero-order valence-electron chi connectivity index (χ0n) is 8.94. The highest BCUT2D eigenvalue weighted by molar-refractivity contribution is 5.08. The molecule has 0 aromatic rings. The van der Waals surface area contributed by atoms with Crippen molar-refractivity contribution in [2.75, 3.05) is 0 Å². The zero-order chi connectivity index (χ0) is 8.94. The van der Waals surface area contributed by atoms with Crippen molar-refractivity contribution in [1.29, 1.82) is 0 Å². The van der Waals surface area contributed by atoms with Crippen molar-refractivity contribution in [3.63, 3.8) is 0 Å². The molecule has 0 aliphatic heterocycles. The summed E-state index contributed by atoms with van der Waals surface area (Å²) in [5.41, 5.74) is 1.73. The fourth-order valence-electron chi connectivity index (χ4n) is 4.76. The molecule has 0 heterocycles. The standard InChI is InChI=1S/C13H22/c1-11-5-4-8-13(11)9-12(10-13)6-2-3-7-12/h11H,2-10H2,1H3.